The number of hydrogen-bond acceptors (Lipinski definition) is 3. The Labute approximate surface area is 147 Å². The van der Waals surface area contributed by atoms with Gasteiger partial charge in [0.05, 0.1) is 13.2 Å². The monoisotopic (exact) mass is 350 g/mol. The summed E-state index contributed by atoms with van der Waals surface area (Å²) in [7, 11) is 0. The summed E-state index contributed by atoms with van der Waals surface area (Å²) in [5.41, 5.74) is 0.770. The van der Waals surface area contributed by atoms with Gasteiger partial charge >= 0.3 is 0 Å². The lowest BCUT2D eigenvalue weighted by molar-refractivity contribution is 0.273. The molecule has 2 aromatic rings. The minimum Gasteiger partial charge on any atom is -0.494 e. The average Bonchev–Trinajstić information content (AvgIpc) is 2.63. The number of unbranched alkanes of at least 4 members (excludes halogenated alkanes) is 3. The fraction of sp³-hybridized carbons (Fsp3) is 0.400. The minimum absolute atomic E-state index is 0.0788. The van der Waals surface area contributed by atoms with E-state index in [9.17, 15) is 8.78 Å². The molecule has 0 aliphatic rings. The van der Waals surface area contributed by atoms with Crippen molar-refractivity contribution in [2.24, 2.45) is 0 Å². The van der Waals surface area contributed by atoms with Gasteiger partial charge in [-0.25, -0.2) is 4.39 Å². The first-order chi connectivity index (χ1) is 12.2. The van der Waals surface area contributed by atoms with Crippen LogP contribution in [0.3, 0.4) is 0 Å². The Bertz CT molecular complexity index is 657. The molecule has 1 N–H and O–H groups in total. The number of benzene rings is 2. The summed E-state index contributed by atoms with van der Waals surface area (Å²) in [5, 5.41) is 8.71. The van der Waals surface area contributed by atoms with E-state index in [0.29, 0.717) is 17.9 Å². The zero-order valence-corrected chi connectivity index (χ0v) is 14.4. The van der Waals surface area contributed by atoms with Crippen molar-refractivity contribution in [2.45, 2.75) is 32.6 Å². The van der Waals surface area contributed by atoms with Gasteiger partial charge in [0, 0.05) is 12.2 Å². The topological polar surface area (TPSA) is 38.7 Å². The van der Waals surface area contributed by atoms with Gasteiger partial charge in [-0.1, -0.05) is 18.6 Å². The largest absolute Gasteiger partial charge is 0.494 e. The molecule has 2 rings (SSSR count). The second kappa shape index (κ2) is 9.99. The number of hydrogen-bond donors (Lipinski definition) is 1. The fourth-order valence-electron chi connectivity index (χ4n) is 2.51. The molecule has 3 nitrogen and oxygen atoms in total. The van der Waals surface area contributed by atoms with E-state index >= 15 is 0 Å². The first-order valence-corrected chi connectivity index (χ1v) is 8.62. The average molecular weight is 350 g/mol. The molecule has 0 atom stereocenters. The van der Waals surface area contributed by atoms with Gasteiger partial charge in [0.2, 0.25) is 5.82 Å². The lowest BCUT2D eigenvalue weighted by Crippen LogP contribution is -1.99. The lowest BCUT2D eigenvalue weighted by atomic mass is 10.0. The van der Waals surface area contributed by atoms with Crippen LogP contribution in [-0.2, 0) is 0 Å². The molecule has 25 heavy (non-hydrogen) atoms. The van der Waals surface area contributed by atoms with E-state index in [2.05, 4.69) is 0 Å². The highest BCUT2D eigenvalue weighted by molar-refractivity contribution is 5.66. The predicted molar refractivity (Wildman–Crippen MR) is 94.0 cm³/mol. The summed E-state index contributed by atoms with van der Waals surface area (Å²) in [5.74, 6) is -1.27. The molecule has 0 aliphatic carbocycles. The molecule has 0 unspecified atom stereocenters. The molecule has 0 aliphatic heterocycles. The van der Waals surface area contributed by atoms with E-state index in [1.54, 1.807) is 31.2 Å². The van der Waals surface area contributed by atoms with Gasteiger partial charge in [-0.3, -0.25) is 0 Å². The highest BCUT2D eigenvalue weighted by Gasteiger charge is 2.15. The second-order valence-corrected chi connectivity index (χ2v) is 5.68. The van der Waals surface area contributed by atoms with Crippen molar-refractivity contribution in [3.63, 3.8) is 0 Å². The molecular formula is C20H24F2O3. The van der Waals surface area contributed by atoms with Crippen LogP contribution in [0.15, 0.2) is 36.4 Å². The molecule has 0 aromatic heterocycles. The summed E-state index contributed by atoms with van der Waals surface area (Å²) in [4.78, 5) is 0. The summed E-state index contributed by atoms with van der Waals surface area (Å²) >= 11 is 0. The van der Waals surface area contributed by atoms with Crippen molar-refractivity contribution >= 4 is 0 Å². The Hall–Kier alpha value is -2.14. The first-order valence-electron chi connectivity index (χ1n) is 8.62. The van der Waals surface area contributed by atoms with Crippen molar-refractivity contribution in [1.29, 1.82) is 0 Å². The Balaban J connectivity index is 1.97. The molecule has 136 valence electrons. The zero-order chi connectivity index (χ0) is 18.1. The molecule has 0 bridgehead atoms. The normalized spacial score (nSPS) is 10.7. The van der Waals surface area contributed by atoms with Gasteiger partial charge in [-0.15, -0.1) is 0 Å². The third-order valence-corrected chi connectivity index (χ3v) is 3.83. The smallest absolute Gasteiger partial charge is 0.201 e. The molecule has 0 saturated heterocycles. The lowest BCUT2D eigenvalue weighted by Gasteiger charge is -2.10. The molecule has 0 saturated carbocycles. The van der Waals surface area contributed by atoms with Gasteiger partial charge in [0.1, 0.15) is 5.75 Å². The van der Waals surface area contributed by atoms with Gasteiger partial charge in [-0.2, -0.15) is 4.39 Å². The van der Waals surface area contributed by atoms with Crippen LogP contribution in [0.25, 0.3) is 11.1 Å². The molecule has 0 heterocycles. The quantitative estimate of drug-likeness (QED) is 0.616. The summed E-state index contributed by atoms with van der Waals surface area (Å²) in [6, 6.07) is 9.86. The Morgan fingerprint density at radius 2 is 1.56 bits per heavy atom. The molecular weight excluding hydrogens is 326 g/mol. The SMILES string of the molecule is CCOc1ccc(-c2ccc(OCCCCCCO)cc2)c(F)c1F. The molecule has 2 aromatic carbocycles. The zero-order valence-electron chi connectivity index (χ0n) is 14.4. The van der Waals surface area contributed by atoms with Crippen LogP contribution in [-0.4, -0.2) is 24.9 Å². The van der Waals surface area contributed by atoms with Crippen LogP contribution in [0.4, 0.5) is 8.78 Å². The molecule has 0 fully saturated rings. The Morgan fingerprint density at radius 3 is 2.24 bits per heavy atom. The maximum absolute atomic E-state index is 14.2. The van der Waals surface area contributed by atoms with Crippen molar-refractivity contribution in [3.8, 4) is 22.6 Å². The van der Waals surface area contributed by atoms with Gasteiger partial charge in [0.25, 0.3) is 0 Å². The number of rotatable bonds is 10. The van der Waals surface area contributed by atoms with E-state index in [1.807, 2.05) is 0 Å². The van der Waals surface area contributed by atoms with Crippen molar-refractivity contribution in [2.75, 3.05) is 19.8 Å². The maximum Gasteiger partial charge on any atom is 0.201 e. The van der Waals surface area contributed by atoms with Crippen LogP contribution >= 0.6 is 0 Å². The van der Waals surface area contributed by atoms with E-state index < -0.39 is 11.6 Å². The number of ether oxygens (including phenoxy) is 2. The summed E-state index contributed by atoms with van der Waals surface area (Å²) in [6.45, 7) is 2.82. The number of aliphatic hydroxyl groups excluding tert-OH is 1. The fourth-order valence-corrected chi connectivity index (χ4v) is 2.51. The molecule has 5 heteroatoms. The molecule has 0 radical (unpaired) electrons. The van der Waals surface area contributed by atoms with Crippen LogP contribution < -0.4 is 9.47 Å². The second-order valence-electron chi connectivity index (χ2n) is 5.68. The van der Waals surface area contributed by atoms with E-state index in [0.717, 1.165) is 25.7 Å². The maximum atomic E-state index is 14.2. The first kappa shape index (κ1) is 19.2. The molecule has 0 amide bonds. The third-order valence-electron chi connectivity index (χ3n) is 3.83. The van der Waals surface area contributed by atoms with Gasteiger partial charge in [0.15, 0.2) is 11.6 Å². The van der Waals surface area contributed by atoms with Crippen LogP contribution in [0.2, 0.25) is 0 Å². The van der Waals surface area contributed by atoms with E-state index in [4.69, 9.17) is 14.6 Å². The molecule has 0 spiro atoms. The van der Waals surface area contributed by atoms with Gasteiger partial charge in [-0.05, 0) is 56.0 Å². The van der Waals surface area contributed by atoms with Gasteiger partial charge < -0.3 is 14.6 Å². The van der Waals surface area contributed by atoms with Crippen molar-refractivity contribution in [1.82, 2.24) is 0 Å². The van der Waals surface area contributed by atoms with Crippen LogP contribution in [0.1, 0.15) is 32.6 Å². The number of aliphatic hydroxyl groups is 1. The van der Waals surface area contributed by atoms with E-state index in [1.165, 1.54) is 12.1 Å². The Morgan fingerprint density at radius 1 is 0.840 bits per heavy atom. The summed E-state index contributed by atoms with van der Waals surface area (Å²) in [6.07, 6.45) is 3.73. The highest BCUT2D eigenvalue weighted by atomic mass is 19.2. The van der Waals surface area contributed by atoms with Crippen molar-refractivity contribution in [3.05, 3.63) is 48.0 Å². The number of halogens is 2. The highest BCUT2D eigenvalue weighted by Crippen LogP contribution is 2.30. The van der Waals surface area contributed by atoms with Crippen LogP contribution in [0, 0.1) is 11.6 Å². The Kier molecular flexibility index (Phi) is 7.67. The van der Waals surface area contributed by atoms with E-state index in [-0.39, 0.29) is 24.5 Å². The third kappa shape index (κ3) is 5.43. The predicted octanol–water partition coefficient (Wildman–Crippen LogP) is 4.96. The van der Waals surface area contributed by atoms with Crippen LogP contribution in [0.5, 0.6) is 11.5 Å². The summed E-state index contributed by atoms with van der Waals surface area (Å²) < 4.78 is 38.9. The minimum atomic E-state index is -0.970. The van der Waals surface area contributed by atoms with Crippen molar-refractivity contribution < 1.29 is 23.4 Å². The standard InChI is InChI=1S/C20H24F2O3/c1-2-24-18-12-11-17(19(21)20(18)22)15-7-9-16(10-8-15)25-14-6-4-3-5-13-23/h7-12,23H,2-6,13-14H2,1H3.